The van der Waals surface area contributed by atoms with E-state index in [0.29, 0.717) is 23.3 Å². The molecule has 0 saturated carbocycles. The van der Waals surface area contributed by atoms with Crippen molar-refractivity contribution in [2.75, 3.05) is 26.3 Å². The van der Waals surface area contributed by atoms with E-state index in [2.05, 4.69) is 13.8 Å². The highest BCUT2D eigenvalue weighted by molar-refractivity contribution is 7.80. The molecular weight excluding hydrogens is 625 g/mol. The second-order valence-electron chi connectivity index (χ2n) is 14.2. The van der Waals surface area contributed by atoms with Crippen molar-refractivity contribution >= 4 is 46.5 Å². The number of hydrogen-bond acceptors (Lipinski definition) is 6. The van der Waals surface area contributed by atoms with Crippen LogP contribution in [0.4, 0.5) is 4.79 Å². The zero-order valence-corrected chi connectivity index (χ0v) is 32.7. The summed E-state index contributed by atoms with van der Waals surface area (Å²) in [5.74, 6) is -0.211. The lowest BCUT2D eigenvalue weighted by molar-refractivity contribution is -0.132. The molecule has 0 bridgehead atoms. The van der Waals surface area contributed by atoms with Crippen molar-refractivity contribution in [3.05, 3.63) is 0 Å². The molecule has 47 heavy (non-hydrogen) atoms. The fourth-order valence-electron chi connectivity index (χ4n) is 6.36. The number of thiocarbonyl (C=S) groups is 2. The van der Waals surface area contributed by atoms with Gasteiger partial charge in [0.2, 0.25) is 0 Å². The highest BCUT2D eigenvalue weighted by Gasteiger charge is 2.50. The molecule has 1 fully saturated rings. The molecule has 0 N–H and O–H groups in total. The number of urea groups is 1. The van der Waals surface area contributed by atoms with Gasteiger partial charge < -0.3 is 14.4 Å². The molecule has 0 atom stereocenters. The summed E-state index contributed by atoms with van der Waals surface area (Å²) in [5.41, 5.74) is -0.923. The number of imide groups is 1. The van der Waals surface area contributed by atoms with Crippen LogP contribution in [0.15, 0.2) is 0 Å². The number of unbranched alkanes of at least 4 members (excludes halogenated alkanes) is 22. The standard InChI is InChI=1S/C39H72N2O4S2/c1-5-7-9-11-13-15-17-19-21-23-25-27-29-35(46)44-33-31-40-37(42)39(3,4)41(38(40)43)32-34-45-36(47)30-28-26-24-22-20-18-16-14-12-10-8-6-2/h5-34H2,1-4H3. The number of amides is 3. The highest BCUT2D eigenvalue weighted by Crippen LogP contribution is 2.27. The summed E-state index contributed by atoms with van der Waals surface area (Å²) in [6.45, 7) is 9.17. The van der Waals surface area contributed by atoms with Gasteiger partial charge in [-0.25, -0.2) is 4.79 Å². The minimum atomic E-state index is -0.923. The summed E-state index contributed by atoms with van der Waals surface area (Å²) in [6.07, 6.45) is 32.9. The molecule has 0 aromatic heterocycles. The van der Waals surface area contributed by atoms with E-state index in [9.17, 15) is 9.59 Å². The second-order valence-corrected chi connectivity index (χ2v) is 15.1. The Labute approximate surface area is 300 Å². The Bertz CT molecular complexity index is 851. The van der Waals surface area contributed by atoms with Gasteiger partial charge in [0.25, 0.3) is 5.91 Å². The van der Waals surface area contributed by atoms with Crippen LogP contribution < -0.4 is 0 Å². The van der Waals surface area contributed by atoms with E-state index in [1.165, 1.54) is 140 Å². The lowest BCUT2D eigenvalue weighted by Crippen LogP contribution is -2.45. The molecule has 3 amide bonds. The van der Waals surface area contributed by atoms with Crippen molar-refractivity contribution in [1.82, 2.24) is 9.80 Å². The van der Waals surface area contributed by atoms with E-state index in [-0.39, 0.29) is 25.1 Å². The highest BCUT2D eigenvalue weighted by atomic mass is 32.1. The monoisotopic (exact) mass is 696 g/mol. The molecule has 0 radical (unpaired) electrons. The van der Waals surface area contributed by atoms with Crippen molar-refractivity contribution in [3.63, 3.8) is 0 Å². The van der Waals surface area contributed by atoms with Crippen molar-refractivity contribution in [2.24, 2.45) is 0 Å². The molecule has 0 aromatic rings. The lowest BCUT2D eigenvalue weighted by Gasteiger charge is -2.27. The van der Waals surface area contributed by atoms with Gasteiger partial charge in [-0.1, -0.05) is 155 Å². The van der Waals surface area contributed by atoms with Crippen molar-refractivity contribution in [3.8, 4) is 0 Å². The van der Waals surface area contributed by atoms with Gasteiger partial charge in [-0.15, -0.1) is 0 Å². The Hall–Kier alpha value is -1.28. The quantitative estimate of drug-likeness (QED) is 0.0396. The molecule has 0 unspecified atom stereocenters. The van der Waals surface area contributed by atoms with Gasteiger partial charge in [0.05, 0.1) is 13.1 Å². The Balaban J connectivity index is 2.11. The second kappa shape index (κ2) is 28.5. The van der Waals surface area contributed by atoms with Gasteiger partial charge >= 0.3 is 6.03 Å². The Morgan fingerprint density at radius 3 is 1.21 bits per heavy atom. The normalized spacial score (nSPS) is 14.3. The first-order valence-corrected chi connectivity index (χ1v) is 20.5. The molecule has 1 rings (SSSR count). The smallest absolute Gasteiger partial charge is 0.327 e. The van der Waals surface area contributed by atoms with Crippen LogP contribution in [-0.2, 0) is 14.3 Å². The topological polar surface area (TPSA) is 59.1 Å². The summed E-state index contributed by atoms with van der Waals surface area (Å²) < 4.78 is 11.5. The van der Waals surface area contributed by atoms with Crippen molar-refractivity contribution in [1.29, 1.82) is 0 Å². The van der Waals surface area contributed by atoms with E-state index in [0.717, 1.165) is 32.1 Å². The van der Waals surface area contributed by atoms with Crippen LogP contribution in [0, 0.1) is 0 Å². The van der Waals surface area contributed by atoms with E-state index in [1.807, 2.05) is 0 Å². The Morgan fingerprint density at radius 1 is 0.532 bits per heavy atom. The summed E-state index contributed by atoms with van der Waals surface area (Å²) in [4.78, 5) is 29.1. The third-order valence-electron chi connectivity index (χ3n) is 9.53. The van der Waals surface area contributed by atoms with Gasteiger partial charge in [-0.3, -0.25) is 9.69 Å². The van der Waals surface area contributed by atoms with Crippen LogP contribution in [0.25, 0.3) is 0 Å². The van der Waals surface area contributed by atoms with E-state index >= 15 is 0 Å². The summed E-state index contributed by atoms with van der Waals surface area (Å²) in [6, 6.07) is -0.300. The molecule has 8 heteroatoms. The SMILES string of the molecule is CCCCCCCCCCCCCCC(=S)OCCN1C(=O)N(CCOC(=S)CCCCCCCCCCCCCC)C(C)(C)C1=O. The average molecular weight is 697 g/mol. The van der Waals surface area contributed by atoms with E-state index in [4.69, 9.17) is 33.9 Å². The predicted octanol–water partition coefficient (Wildman–Crippen LogP) is 11.9. The number of ether oxygens (including phenoxy) is 2. The van der Waals surface area contributed by atoms with Crippen LogP contribution >= 0.6 is 24.4 Å². The molecule has 1 heterocycles. The molecular formula is C39H72N2O4S2. The van der Waals surface area contributed by atoms with Gasteiger partial charge in [0.15, 0.2) is 10.1 Å². The first-order valence-electron chi connectivity index (χ1n) is 19.7. The third kappa shape index (κ3) is 20.7. The molecule has 0 aliphatic carbocycles. The van der Waals surface area contributed by atoms with Crippen molar-refractivity contribution in [2.45, 2.75) is 200 Å². The van der Waals surface area contributed by atoms with E-state index in [1.54, 1.807) is 18.7 Å². The molecule has 1 saturated heterocycles. The summed E-state index contributed by atoms with van der Waals surface area (Å²) in [5, 5.41) is 1.17. The van der Waals surface area contributed by atoms with Gasteiger partial charge in [0.1, 0.15) is 18.8 Å². The maximum Gasteiger partial charge on any atom is 0.327 e. The predicted molar refractivity (Wildman–Crippen MR) is 206 cm³/mol. The van der Waals surface area contributed by atoms with Gasteiger partial charge in [-0.2, -0.15) is 0 Å². The molecule has 0 aromatic carbocycles. The van der Waals surface area contributed by atoms with Gasteiger partial charge in [0, 0.05) is 12.8 Å². The minimum absolute atomic E-state index is 0.203. The fraction of sp³-hybridized carbons (Fsp3) is 0.897. The molecule has 274 valence electrons. The summed E-state index contributed by atoms with van der Waals surface area (Å²) >= 11 is 10.8. The van der Waals surface area contributed by atoms with Gasteiger partial charge in [-0.05, 0) is 51.1 Å². The fourth-order valence-corrected chi connectivity index (χ4v) is 6.81. The summed E-state index contributed by atoms with van der Waals surface area (Å²) in [7, 11) is 0. The maximum atomic E-state index is 13.1. The average Bonchev–Trinajstić information content (AvgIpc) is 3.20. The van der Waals surface area contributed by atoms with E-state index < -0.39 is 5.54 Å². The molecule has 1 aliphatic rings. The minimum Gasteiger partial charge on any atom is -0.485 e. The zero-order chi connectivity index (χ0) is 34.6. The van der Waals surface area contributed by atoms with Crippen LogP contribution in [0.2, 0.25) is 0 Å². The first-order chi connectivity index (χ1) is 22.8. The lowest BCUT2D eigenvalue weighted by atomic mass is 10.0. The first kappa shape index (κ1) is 43.7. The number of carbonyl (C=O) groups excluding carboxylic acids is 2. The van der Waals surface area contributed by atoms with Crippen LogP contribution in [0.3, 0.4) is 0 Å². The Kier molecular flexibility index (Phi) is 26.6. The molecule has 1 aliphatic heterocycles. The third-order valence-corrected chi connectivity index (χ3v) is 10.2. The number of carbonyl (C=O) groups is 2. The number of rotatable bonds is 32. The van der Waals surface area contributed by atoms with Crippen LogP contribution in [0.5, 0.6) is 0 Å². The Morgan fingerprint density at radius 2 is 0.851 bits per heavy atom. The van der Waals surface area contributed by atoms with Crippen LogP contribution in [-0.4, -0.2) is 63.7 Å². The number of hydrogen-bond donors (Lipinski definition) is 0. The zero-order valence-electron chi connectivity index (χ0n) is 31.1. The maximum absolute atomic E-state index is 13.1. The number of nitrogens with zero attached hydrogens (tertiary/aromatic N) is 2. The molecule has 6 nitrogen and oxygen atoms in total. The largest absolute Gasteiger partial charge is 0.485 e. The van der Waals surface area contributed by atoms with Crippen molar-refractivity contribution < 1.29 is 19.1 Å². The molecule has 0 spiro atoms. The van der Waals surface area contributed by atoms with Crippen LogP contribution in [0.1, 0.15) is 195 Å².